The Kier molecular flexibility index (Phi) is 4.62. The lowest BCUT2D eigenvalue weighted by Crippen LogP contribution is -2.21. The van der Waals surface area contributed by atoms with E-state index in [9.17, 15) is 9.59 Å². The molecular formula is C15H20N5O4P. The highest BCUT2D eigenvalue weighted by molar-refractivity contribution is 7.09. The molecule has 9 nitrogen and oxygen atoms in total. The summed E-state index contributed by atoms with van der Waals surface area (Å²) in [4.78, 5) is 34.2. The maximum atomic E-state index is 11.8. The molecule has 2 heterocycles. The number of H-pyrrole nitrogens is 1. The number of ether oxygens (including phenoxy) is 1. The summed E-state index contributed by atoms with van der Waals surface area (Å²) >= 11 is 0. The zero-order chi connectivity index (χ0) is 18.2. The first kappa shape index (κ1) is 17.6. The monoisotopic (exact) mass is 365 g/mol. The molecule has 2 aromatic rings. The van der Waals surface area contributed by atoms with Gasteiger partial charge in [0.1, 0.15) is 12.9 Å². The minimum absolute atomic E-state index is 0.0267. The molecule has 25 heavy (non-hydrogen) atoms. The van der Waals surface area contributed by atoms with Crippen molar-refractivity contribution in [3.63, 3.8) is 0 Å². The number of carbonyl (C=O) groups is 1. The number of fused-ring (bicyclic) bond motifs is 1. The van der Waals surface area contributed by atoms with E-state index in [0.29, 0.717) is 18.7 Å². The standard InChI is InChI=1S/C15H20N5O4P/c1-8(2)13(22)23-5-15(6-24-25)3-9(15)4-20-7-17-10-11(20)18-14(16)19-12(10)21/h4,7-8H,3,5-6,25H2,1-2H3,(H3,16,18,19,21)/b9-4-. The topological polar surface area (TPSA) is 125 Å². The number of nitrogens with two attached hydrogens (primary N) is 1. The molecule has 0 aromatic carbocycles. The smallest absolute Gasteiger partial charge is 0.308 e. The fraction of sp³-hybridized carbons (Fsp3) is 0.467. The summed E-state index contributed by atoms with van der Waals surface area (Å²) in [6, 6.07) is 0. The number of esters is 1. The van der Waals surface area contributed by atoms with Crippen molar-refractivity contribution in [3.8, 4) is 0 Å². The minimum Gasteiger partial charge on any atom is -0.464 e. The first-order valence-corrected chi connectivity index (χ1v) is 8.25. The molecule has 3 rings (SSSR count). The molecule has 2 atom stereocenters. The van der Waals surface area contributed by atoms with Crippen LogP contribution in [0.25, 0.3) is 17.4 Å². The molecule has 0 amide bonds. The van der Waals surface area contributed by atoms with Gasteiger partial charge in [0.05, 0.1) is 17.9 Å². The number of hydrogen-bond acceptors (Lipinski definition) is 7. The summed E-state index contributed by atoms with van der Waals surface area (Å²) in [5.41, 5.74) is 6.46. The van der Waals surface area contributed by atoms with Crippen LogP contribution < -0.4 is 11.3 Å². The van der Waals surface area contributed by atoms with E-state index in [1.165, 1.54) is 6.33 Å². The zero-order valence-corrected chi connectivity index (χ0v) is 15.1. The summed E-state index contributed by atoms with van der Waals surface area (Å²) in [7, 11) is 2.21. The first-order chi connectivity index (χ1) is 11.9. The van der Waals surface area contributed by atoms with E-state index in [0.717, 1.165) is 5.57 Å². The van der Waals surface area contributed by atoms with Gasteiger partial charge in [0, 0.05) is 15.7 Å². The molecule has 1 aliphatic carbocycles. The van der Waals surface area contributed by atoms with Crippen LogP contribution in [0.1, 0.15) is 20.3 Å². The van der Waals surface area contributed by atoms with Gasteiger partial charge in [0.15, 0.2) is 11.2 Å². The molecule has 3 N–H and O–H groups in total. The van der Waals surface area contributed by atoms with Crippen LogP contribution in [0.15, 0.2) is 16.7 Å². The van der Waals surface area contributed by atoms with Crippen molar-refractivity contribution < 1.29 is 14.1 Å². The molecule has 0 spiro atoms. The Morgan fingerprint density at radius 3 is 3.00 bits per heavy atom. The van der Waals surface area contributed by atoms with E-state index in [2.05, 4.69) is 24.4 Å². The van der Waals surface area contributed by atoms with Crippen LogP contribution in [-0.4, -0.2) is 38.7 Å². The second-order valence-corrected chi connectivity index (χ2v) is 6.79. The normalized spacial score (nSPS) is 21.2. The van der Waals surface area contributed by atoms with E-state index in [-0.39, 0.29) is 40.9 Å². The van der Waals surface area contributed by atoms with Crippen molar-refractivity contribution in [2.24, 2.45) is 11.3 Å². The first-order valence-electron chi connectivity index (χ1n) is 7.78. The number of rotatable bonds is 6. The van der Waals surface area contributed by atoms with Crippen LogP contribution in [-0.2, 0) is 14.1 Å². The van der Waals surface area contributed by atoms with Crippen molar-refractivity contribution in [3.05, 3.63) is 22.3 Å². The molecule has 2 unspecified atom stereocenters. The molecular weight excluding hydrogens is 345 g/mol. The Bertz CT molecular complexity index is 903. The predicted octanol–water partition coefficient (Wildman–Crippen LogP) is 0.939. The van der Waals surface area contributed by atoms with Crippen LogP contribution in [0.5, 0.6) is 0 Å². The van der Waals surface area contributed by atoms with Gasteiger partial charge in [-0.25, -0.2) is 4.98 Å². The largest absolute Gasteiger partial charge is 0.464 e. The third kappa shape index (κ3) is 3.43. The third-order valence-electron chi connectivity index (χ3n) is 4.15. The van der Waals surface area contributed by atoms with Gasteiger partial charge in [0.25, 0.3) is 5.56 Å². The van der Waals surface area contributed by atoms with Crippen LogP contribution in [0, 0.1) is 11.3 Å². The van der Waals surface area contributed by atoms with Crippen molar-refractivity contribution in [2.45, 2.75) is 20.3 Å². The maximum absolute atomic E-state index is 11.8. The second kappa shape index (κ2) is 6.57. The van der Waals surface area contributed by atoms with E-state index in [4.69, 9.17) is 15.0 Å². The van der Waals surface area contributed by atoms with Gasteiger partial charge in [-0.1, -0.05) is 13.8 Å². The van der Waals surface area contributed by atoms with Crippen LogP contribution in [0.4, 0.5) is 5.95 Å². The molecule has 2 aromatic heterocycles. The SMILES string of the molecule is CC(C)C(=O)OCC1(COP)C/C1=C/n1cnc2c(=O)[nH]c(N)nc21. The van der Waals surface area contributed by atoms with Gasteiger partial charge < -0.3 is 15.0 Å². The number of carbonyl (C=O) groups excluding carboxylic acids is 1. The van der Waals surface area contributed by atoms with Crippen molar-refractivity contribution in [2.75, 3.05) is 18.9 Å². The molecule has 10 heteroatoms. The fourth-order valence-corrected chi connectivity index (χ4v) is 2.89. The summed E-state index contributed by atoms with van der Waals surface area (Å²) in [5, 5.41) is 0. The van der Waals surface area contributed by atoms with Crippen molar-refractivity contribution >= 4 is 38.7 Å². The highest BCUT2D eigenvalue weighted by Gasteiger charge is 2.50. The van der Waals surface area contributed by atoms with Gasteiger partial charge in [0.2, 0.25) is 5.95 Å². The van der Waals surface area contributed by atoms with E-state index in [1.54, 1.807) is 18.4 Å². The van der Waals surface area contributed by atoms with Gasteiger partial charge in [-0.05, 0) is 12.0 Å². The van der Waals surface area contributed by atoms with Gasteiger partial charge >= 0.3 is 5.97 Å². The Balaban J connectivity index is 1.86. The lowest BCUT2D eigenvalue weighted by atomic mass is 10.1. The molecule has 0 bridgehead atoms. The van der Waals surface area contributed by atoms with Crippen molar-refractivity contribution in [1.29, 1.82) is 0 Å². The number of aromatic amines is 1. The Morgan fingerprint density at radius 1 is 1.56 bits per heavy atom. The lowest BCUT2D eigenvalue weighted by molar-refractivity contribution is -0.149. The average Bonchev–Trinajstić information content (AvgIpc) is 3.05. The Morgan fingerprint density at radius 2 is 2.32 bits per heavy atom. The number of nitrogens with zero attached hydrogens (tertiary/aromatic N) is 3. The highest BCUT2D eigenvalue weighted by Crippen LogP contribution is 2.53. The van der Waals surface area contributed by atoms with Gasteiger partial charge in [-0.2, -0.15) is 4.98 Å². The van der Waals surface area contributed by atoms with Crippen LogP contribution in [0.3, 0.4) is 0 Å². The van der Waals surface area contributed by atoms with E-state index >= 15 is 0 Å². The average molecular weight is 365 g/mol. The quantitative estimate of drug-likeness (QED) is 0.576. The molecule has 0 saturated heterocycles. The number of nitrogen functional groups attached to an aromatic ring is 1. The van der Waals surface area contributed by atoms with Crippen LogP contribution >= 0.6 is 9.47 Å². The molecule has 134 valence electrons. The zero-order valence-electron chi connectivity index (χ0n) is 14.0. The number of aromatic nitrogens is 4. The second-order valence-electron chi connectivity index (χ2n) is 6.46. The summed E-state index contributed by atoms with van der Waals surface area (Å²) in [6.07, 6.45) is 4.04. The number of hydrogen-bond donors (Lipinski definition) is 2. The number of anilines is 1. The predicted molar refractivity (Wildman–Crippen MR) is 95.3 cm³/mol. The molecule has 1 saturated carbocycles. The lowest BCUT2D eigenvalue weighted by Gasteiger charge is -2.15. The number of imidazole rings is 1. The maximum Gasteiger partial charge on any atom is 0.308 e. The number of nitrogens with one attached hydrogen (secondary N) is 1. The molecule has 0 radical (unpaired) electrons. The van der Waals surface area contributed by atoms with Crippen LogP contribution in [0.2, 0.25) is 0 Å². The summed E-state index contributed by atoms with van der Waals surface area (Å²) in [6.45, 7) is 4.22. The summed E-state index contributed by atoms with van der Waals surface area (Å²) < 4.78 is 12.2. The van der Waals surface area contributed by atoms with Gasteiger partial charge in [-0.15, -0.1) is 0 Å². The molecule has 0 aliphatic heterocycles. The molecule has 1 aliphatic rings. The van der Waals surface area contributed by atoms with Crippen molar-refractivity contribution in [1.82, 2.24) is 19.5 Å². The minimum atomic E-state index is -0.388. The highest BCUT2D eigenvalue weighted by atomic mass is 31.0. The molecule has 1 fully saturated rings. The third-order valence-corrected chi connectivity index (χ3v) is 4.32. The fourth-order valence-electron chi connectivity index (χ4n) is 2.57. The Hall–Kier alpha value is -2.25. The summed E-state index contributed by atoms with van der Waals surface area (Å²) in [5.74, 6) is -0.404. The van der Waals surface area contributed by atoms with E-state index < -0.39 is 0 Å². The van der Waals surface area contributed by atoms with E-state index in [1.807, 2.05) is 6.20 Å². The van der Waals surface area contributed by atoms with Gasteiger partial charge in [-0.3, -0.25) is 19.1 Å². The Labute approximate surface area is 145 Å².